The van der Waals surface area contributed by atoms with Crippen LogP contribution in [0.4, 0.5) is 0 Å². The van der Waals surface area contributed by atoms with Crippen LogP contribution in [0.1, 0.15) is 28.1 Å². The maximum Gasteiger partial charge on any atom is 0.180 e. The van der Waals surface area contributed by atoms with E-state index in [0.29, 0.717) is 5.89 Å². The number of nitrogens with zero attached hydrogens (tertiary/aromatic N) is 6. The van der Waals surface area contributed by atoms with Crippen molar-refractivity contribution in [2.45, 2.75) is 34.6 Å². The van der Waals surface area contributed by atoms with Gasteiger partial charge in [-0.1, -0.05) is 47.2 Å². The van der Waals surface area contributed by atoms with Gasteiger partial charge in [0.15, 0.2) is 5.89 Å². The summed E-state index contributed by atoms with van der Waals surface area (Å²) >= 11 is 0. The molecule has 0 aliphatic heterocycles. The first-order valence-electron chi connectivity index (χ1n) is 13.7. The summed E-state index contributed by atoms with van der Waals surface area (Å²) in [5, 5.41) is 8.46. The summed E-state index contributed by atoms with van der Waals surface area (Å²) in [5.74, 6) is 1.45. The van der Waals surface area contributed by atoms with E-state index in [1.54, 1.807) is 6.20 Å². The van der Waals surface area contributed by atoms with Crippen LogP contribution in [-0.4, -0.2) is 29.5 Å². The van der Waals surface area contributed by atoms with Crippen LogP contribution in [0.2, 0.25) is 0 Å². The molecule has 0 bridgehead atoms. The van der Waals surface area contributed by atoms with Gasteiger partial charge < -0.3 is 8.98 Å². The van der Waals surface area contributed by atoms with E-state index in [4.69, 9.17) is 4.42 Å². The van der Waals surface area contributed by atoms with E-state index in [2.05, 4.69) is 101 Å². The quantitative estimate of drug-likeness (QED) is 0.173. The van der Waals surface area contributed by atoms with Crippen LogP contribution >= 0.6 is 0 Å². The van der Waals surface area contributed by atoms with Gasteiger partial charge in [-0.25, -0.2) is 9.67 Å². The van der Waals surface area contributed by atoms with Crippen molar-refractivity contribution in [3.8, 4) is 34.0 Å². The summed E-state index contributed by atoms with van der Waals surface area (Å²) in [5.41, 5.74) is 11.2. The summed E-state index contributed by atoms with van der Waals surface area (Å²) in [4.78, 5) is 8.95. The Hall–Kier alpha value is -4.65. The van der Waals surface area contributed by atoms with Crippen LogP contribution in [0.25, 0.3) is 45.1 Å². The number of rotatable bonds is 4. The van der Waals surface area contributed by atoms with Gasteiger partial charge in [-0.05, 0) is 49.9 Å². The molecule has 0 atom stereocenters. The number of benzene rings is 4. The van der Waals surface area contributed by atoms with Gasteiger partial charge in [0, 0.05) is 62.5 Å². The maximum atomic E-state index is 5.78. The molecule has 43 heavy (non-hydrogen) atoms. The number of para-hydroxylation sites is 2. The molecule has 8 heteroatoms. The molecule has 0 spiro atoms. The minimum atomic E-state index is 0. The third kappa shape index (κ3) is 5.98. The molecular weight excluding hydrogens is 713 g/mol. The van der Waals surface area contributed by atoms with Crippen molar-refractivity contribution in [3.63, 3.8) is 0 Å². The number of oxazole rings is 1. The fourth-order valence-electron chi connectivity index (χ4n) is 5.24. The van der Waals surface area contributed by atoms with Crippen LogP contribution in [0.15, 0.2) is 95.8 Å². The topological polar surface area (TPSA) is 74.6 Å². The van der Waals surface area contributed by atoms with Crippen LogP contribution < -0.4 is 0 Å². The fourth-order valence-corrected chi connectivity index (χ4v) is 5.24. The van der Waals surface area contributed by atoms with Crippen molar-refractivity contribution in [1.29, 1.82) is 0 Å². The molecule has 7 nitrogen and oxygen atoms in total. The molecule has 0 unspecified atom stereocenters. The zero-order valence-corrected chi connectivity index (χ0v) is 27.0. The van der Waals surface area contributed by atoms with Crippen LogP contribution in [0.3, 0.4) is 0 Å². The molecule has 0 N–H and O–H groups in total. The first kappa shape index (κ1) is 29.8. The molecule has 0 saturated heterocycles. The summed E-state index contributed by atoms with van der Waals surface area (Å²) < 4.78 is 9.70. The number of hydrogen-bond donors (Lipinski definition) is 0. The van der Waals surface area contributed by atoms with Crippen LogP contribution in [0, 0.1) is 46.8 Å². The zero-order valence-electron chi connectivity index (χ0n) is 24.6. The Kier molecular flexibility index (Phi) is 8.81. The third-order valence-electron chi connectivity index (χ3n) is 7.15. The van der Waals surface area contributed by atoms with E-state index in [-0.39, 0.29) is 20.1 Å². The summed E-state index contributed by atoms with van der Waals surface area (Å²) in [7, 11) is 0. The van der Waals surface area contributed by atoms with Crippen molar-refractivity contribution in [1.82, 2.24) is 29.5 Å². The Morgan fingerprint density at radius 3 is 2.12 bits per heavy atom. The number of imidazole rings is 1. The molecule has 1 radical (unpaired) electrons. The normalized spacial score (nSPS) is 10.7. The molecule has 0 aliphatic carbocycles. The van der Waals surface area contributed by atoms with Gasteiger partial charge in [0.1, 0.15) is 0 Å². The smallest absolute Gasteiger partial charge is 0.180 e. The average Bonchev–Trinajstić information content (AvgIpc) is 3.73. The minimum Gasteiger partial charge on any atom is -0.488 e. The molecule has 0 saturated carbocycles. The Morgan fingerprint density at radius 1 is 0.744 bits per heavy atom. The van der Waals surface area contributed by atoms with Gasteiger partial charge in [0.05, 0.1) is 17.1 Å². The molecule has 0 fully saturated rings. The van der Waals surface area contributed by atoms with Gasteiger partial charge in [0.25, 0.3) is 0 Å². The molecule has 3 heterocycles. The molecular formula is C35H30IrN6O-2. The van der Waals surface area contributed by atoms with Crippen molar-refractivity contribution in [3.05, 3.63) is 132 Å². The molecule has 3 aromatic heterocycles. The Morgan fingerprint density at radius 2 is 1.44 bits per heavy atom. The van der Waals surface area contributed by atoms with E-state index >= 15 is 0 Å². The molecule has 217 valence electrons. The largest absolute Gasteiger partial charge is 0.488 e. The molecule has 0 aliphatic rings. The first-order chi connectivity index (χ1) is 20.4. The van der Waals surface area contributed by atoms with Crippen molar-refractivity contribution in [2.24, 2.45) is 0 Å². The van der Waals surface area contributed by atoms with E-state index in [0.717, 1.165) is 45.1 Å². The molecule has 0 amide bonds. The fraction of sp³-hybridized carbons (Fsp3) is 0.143. The van der Waals surface area contributed by atoms with Crippen molar-refractivity contribution < 1.29 is 24.5 Å². The van der Waals surface area contributed by atoms with Crippen LogP contribution in [-0.2, 0) is 20.1 Å². The third-order valence-corrected chi connectivity index (χ3v) is 7.15. The predicted octanol–water partition coefficient (Wildman–Crippen LogP) is 7.75. The predicted molar refractivity (Wildman–Crippen MR) is 165 cm³/mol. The Balaban J connectivity index is 0.000000170. The van der Waals surface area contributed by atoms with Crippen LogP contribution in [0.5, 0.6) is 0 Å². The first-order valence-corrected chi connectivity index (χ1v) is 13.7. The zero-order chi connectivity index (χ0) is 29.2. The Labute approximate surface area is 264 Å². The second kappa shape index (κ2) is 12.7. The van der Waals surface area contributed by atoms with Gasteiger partial charge in [-0.3, -0.25) is 4.98 Å². The number of aromatic nitrogens is 6. The number of aryl methyl sites for hydroxylation is 5. The standard InChI is InChI=1S/C19H16N3O.C16H14N3.Ir/c1-12-6-4-7-13(2)17(12)22-11-10-20-19(22)15-8-5-9-16-18(15)23-14(3)21-16;1-12-7-6-8-13(2)16(12)19-11-15(17-18-19)14-9-4-3-5-10-14;/h4-7,9-11H,1-3H3;3-9,11H,1-2H3;/q2*-1;. The Bertz CT molecular complexity index is 1960. The van der Waals surface area contributed by atoms with Gasteiger partial charge in [-0.15, -0.1) is 54.1 Å². The maximum absolute atomic E-state index is 5.78. The van der Waals surface area contributed by atoms with Gasteiger partial charge in [-0.2, -0.15) is 5.10 Å². The molecule has 4 aromatic carbocycles. The van der Waals surface area contributed by atoms with Gasteiger partial charge in [0.2, 0.25) is 0 Å². The van der Waals surface area contributed by atoms with Crippen molar-refractivity contribution in [2.75, 3.05) is 0 Å². The van der Waals surface area contributed by atoms with E-state index < -0.39 is 0 Å². The summed E-state index contributed by atoms with van der Waals surface area (Å²) in [6.45, 7) is 10.2. The second-order valence-electron chi connectivity index (χ2n) is 10.2. The molecule has 7 rings (SSSR count). The summed E-state index contributed by atoms with van der Waals surface area (Å²) in [6.07, 6.45) is 5.72. The van der Waals surface area contributed by atoms with E-state index in [1.807, 2.05) is 60.4 Å². The summed E-state index contributed by atoms with van der Waals surface area (Å²) in [6, 6.07) is 30.5. The second-order valence-corrected chi connectivity index (χ2v) is 10.2. The molecule has 7 aromatic rings. The van der Waals surface area contributed by atoms with Gasteiger partial charge >= 0.3 is 0 Å². The average molecular weight is 743 g/mol. The number of fused-ring (bicyclic) bond motifs is 1. The van der Waals surface area contributed by atoms with E-state index in [1.165, 1.54) is 22.3 Å². The SMILES string of the molecule is Cc1cccc(C)c1-n1cc(-c2[c-]cccc2)nn1.Cc1nc2cc[c-]c(-c3nccn3-c3c(C)cccc3C)c2o1.[Ir]. The monoisotopic (exact) mass is 743 g/mol. The number of hydrogen-bond acceptors (Lipinski definition) is 5. The van der Waals surface area contributed by atoms with Crippen molar-refractivity contribution >= 4 is 11.1 Å². The van der Waals surface area contributed by atoms with E-state index in [9.17, 15) is 0 Å². The minimum absolute atomic E-state index is 0.